The van der Waals surface area contributed by atoms with E-state index in [1.54, 1.807) is 12.4 Å². The molecule has 0 spiro atoms. The van der Waals surface area contributed by atoms with Crippen LogP contribution in [0.15, 0.2) is 30.7 Å². The Bertz CT molecular complexity index is 882. The molecule has 0 aliphatic carbocycles. The molecule has 1 heterocycles. The lowest BCUT2D eigenvalue weighted by atomic mass is 10.0. The van der Waals surface area contributed by atoms with Gasteiger partial charge in [-0.2, -0.15) is 0 Å². The molecular formula is C24H42N4O6. The minimum atomic E-state index is -0.353. The van der Waals surface area contributed by atoms with Crippen LogP contribution in [-0.4, -0.2) is 56.0 Å². The van der Waals surface area contributed by atoms with Crippen LogP contribution in [0.2, 0.25) is 0 Å². The van der Waals surface area contributed by atoms with E-state index >= 15 is 0 Å². The van der Waals surface area contributed by atoms with Crippen molar-refractivity contribution in [2.75, 3.05) is 0 Å². The number of carbonyl (C=O) groups excluding carboxylic acids is 2. The molecule has 0 bridgehead atoms. The van der Waals surface area contributed by atoms with Crippen molar-refractivity contribution in [3.63, 3.8) is 0 Å². The third-order valence-corrected chi connectivity index (χ3v) is 4.55. The Balaban J connectivity index is 0. The number of aromatic nitrogens is 2. The van der Waals surface area contributed by atoms with Gasteiger partial charge in [0.2, 0.25) is 0 Å². The first-order valence-corrected chi connectivity index (χ1v) is 10.4. The van der Waals surface area contributed by atoms with E-state index in [4.69, 9.17) is 9.47 Å². The summed E-state index contributed by atoms with van der Waals surface area (Å²) in [5, 5.41) is 18.5. The van der Waals surface area contributed by atoms with Gasteiger partial charge < -0.3 is 50.6 Å². The molecule has 8 N–H and O–H groups in total. The third kappa shape index (κ3) is 12.2. The number of aromatic hydroxyl groups is 2. The van der Waals surface area contributed by atoms with Crippen molar-refractivity contribution in [1.29, 1.82) is 0 Å². The Labute approximate surface area is 202 Å². The maximum atomic E-state index is 10.9. The van der Waals surface area contributed by atoms with Crippen LogP contribution < -0.4 is 11.5 Å². The van der Waals surface area contributed by atoms with E-state index in [2.05, 4.69) is 16.5 Å². The first kappa shape index (κ1) is 33.1. The van der Waals surface area contributed by atoms with Gasteiger partial charge in [0.25, 0.3) is 0 Å². The zero-order chi connectivity index (χ0) is 24.4. The van der Waals surface area contributed by atoms with Gasteiger partial charge in [-0.3, -0.25) is 9.59 Å². The number of imidazole rings is 1. The van der Waals surface area contributed by atoms with Crippen molar-refractivity contribution >= 4 is 11.9 Å². The van der Waals surface area contributed by atoms with Gasteiger partial charge in [-0.1, -0.05) is 6.07 Å². The lowest BCUT2D eigenvalue weighted by Gasteiger charge is -2.18. The molecule has 4 unspecified atom stereocenters. The minimum Gasteiger partial charge on any atom is -0.504 e. The molecule has 0 aliphatic heterocycles. The first-order valence-electron chi connectivity index (χ1n) is 10.4. The quantitative estimate of drug-likeness (QED) is 0.243. The van der Waals surface area contributed by atoms with Gasteiger partial charge in [-0.15, -0.1) is 0 Å². The Morgan fingerprint density at radius 3 is 1.85 bits per heavy atom. The summed E-state index contributed by atoms with van der Waals surface area (Å²) in [5.41, 5.74) is 9.42. The highest BCUT2D eigenvalue weighted by Gasteiger charge is 2.22. The summed E-state index contributed by atoms with van der Waals surface area (Å²) in [7, 11) is 1.91. The number of nitrogens with zero attached hydrogens (tertiary/aromatic N) is 2. The van der Waals surface area contributed by atoms with Crippen molar-refractivity contribution in [2.24, 2.45) is 7.05 Å². The number of rotatable bonds is 8. The smallest absolute Gasteiger partial charge is 0.303 e. The summed E-state index contributed by atoms with van der Waals surface area (Å²) in [6.45, 7) is 6.54. The van der Waals surface area contributed by atoms with E-state index < -0.39 is 0 Å². The zero-order valence-corrected chi connectivity index (χ0v) is 21.4. The molecule has 0 fully saturated rings. The van der Waals surface area contributed by atoms with Gasteiger partial charge in [0.15, 0.2) is 23.7 Å². The molecule has 34 heavy (non-hydrogen) atoms. The number of hydrogen-bond donors (Lipinski definition) is 4. The molecule has 0 amide bonds. The molecule has 0 radical (unpaired) electrons. The molecule has 2 aromatic rings. The number of benzene rings is 1. The minimum absolute atomic E-state index is 0. The predicted octanol–water partition coefficient (Wildman–Crippen LogP) is 0.628. The molecule has 0 saturated heterocycles. The second-order valence-corrected chi connectivity index (χ2v) is 8.01. The number of aryl methyl sites for hydroxylation is 1. The lowest BCUT2D eigenvalue weighted by molar-refractivity contribution is -0.431. The fourth-order valence-corrected chi connectivity index (χ4v) is 2.85. The molecule has 4 atom stereocenters. The average Bonchev–Trinajstić information content (AvgIpc) is 3.08. The summed E-state index contributed by atoms with van der Waals surface area (Å²) in [4.78, 5) is 26.0. The highest BCUT2D eigenvalue weighted by Crippen LogP contribution is 2.25. The SMILES string of the molecule is CC(=O)OC(Cc1ccc(O)c(O)c1)C(C)[NH3+].CC(=O)OC(Cc1cn(C)cn1)C(C)[NH3+].[CH3-].[CH3-]. The second kappa shape index (κ2) is 15.7. The highest BCUT2D eigenvalue weighted by atomic mass is 16.5. The summed E-state index contributed by atoms with van der Waals surface area (Å²) < 4.78 is 12.2. The fourth-order valence-electron chi connectivity index (χ4n) is 2.85. The Hall–Kier alpha value is -3.11. The molecule has 194 valence electrons. The van der Waals surface area contributed by atoms with Crippen LogP contribution >= 0.6 is 0 Å². The number of carbonyl (C=O) groups is 2. The maximum absolute atomic E-state index is 10.9. The Morgan fingerprint density at radius 1 is 0.971 bits per heavy atom. The van der Waals surface area contributed by atoms with Crippen molar-refractivity contribution in [1.82, 2.24) is 9.55 Å². The molecule has 10 heteroatoms. The molecular weight excluding hydrogens is 440 g/mol. The zero-order valence-electron chi connectivity index (χ0n) is 21.4. The van der Waals surface area contributed by atoms with E-state index in [9.17, 15) is 19.8 Å². The summed E-state index contributed by atoms with van der Waals surface area (Å²) in [5.74, 6) is -0.971. The van der Waals surface area contributed by atoms with Gasteiger partial charge in [-0.05, 0) is 31.5 Å². The van der Waals surface area contributed by atoms with Crippen molar-refractivity contribution in [3.05, 3.63) is 56.8 Å². The van der Waals surface area contributed by atoms with Gasteiger partial charge in [0, 0.05) is 39.9 Å². The fraction of sp³-hybridized carbons (Fsp3) is 0.458. The topological polar surface area (TPSA) is 166 Å². The van der Waals surface area contributed by atoms with Crippen LogP contribution in [0.1, 0.15) is 39.0 Å². The third-order valence-electron chi connectivity index (χ3n) is 4.55. The normalized spacial score (nSPS) is 13.5. The van der Waals surface area contributed by atoms with Crippen LogP contribution in [0.5, 0.6) is 11.5 Å². The van der Waals surface area contributed by atoms with Gasteiger partial charge >= 0.3 is 11.9 Å². The Kier molecular flexibility index (Phi) is 15.2. The number of esters is 2. The van der Waals surface area contributed by atoms with E-state index in [0.29, 0.717) is 12.8 Å². The largest absolute Gasteiger partial charge is 0.504 e. The molecule has 1 aromatic heterocycles. The number of quaternary nitrogens is 2. The predicted molar refractivity (Wildman–Crippen MR) is 129 cm³/mol. The number of ether oxygens (including phenoxy) is 2. The van der Waals surface area contributed by atoms with Crippen LogP contribution in [0, 0.1) is 14.9 Å². The molecule has 2 rings (SSSR count). The molecule has 0 aliphatic rings. The van der Waals surface area contributed by atoms with E-state index in [1.807, 2.05) is 31.7 Å². The summed E-state index contributed by atoms with van der Waals surface area (Å²) in [6, 6.07) is 4.52. The first-order chi connectivity index (χ1) is 14.9. The van der Waals surface area contributed by atoms with Gasteiger partial charge in [0.1, 0.15) is 12.1 Å². The van der Waals surface area contributed by atoms with Crippen LogP contribution in [0.4, 0.5) is 0 Å². The Morgan fingerprint density at radius 2 is 1.47 bits per heavy atom. The van der Waals surface area contributed by atoms with Gasteiger partial charge in [0.05, 0.1) is 12.0 Å². The van der Waals surface area contributed by atoms with E-state index in [0.717, 1.165) is 11.3 Å². The van der Waals surface area contributed by atoms with Crippen LogP contribution in [0.25, 0.3) is 0 Å². The molecule has 10 nitrogen and oxygen atoms in total. The molecule has 1 aromatic carbocycles. The summed E-state index contributed by atoms with van der Waals surface area (Å²) >= 11 is 0. The lowest BCUT2D eigenvalue weighted by Crippen LogP contribution is -2.65. The van der Waals surface area contributed by atoms with E-state index in [-0.39, 0.29) is 62.6 Å². The highest BCUT2D eigenvalue weighted by molar-refractivity contribution is 5.66. The maximum Gasteiger partial charge on any atom is 0.303 e. The standard InChI is InChI=1S/C12H17NO4.C10H17N3O2.2CH3/c1-7(13)12(17-8(2)14)6-9-3-4-10(15)11(16)5-9;1-7(11)10(15-8(2)14)4-9-5-13(3)6-12-9;;/h3-5,7,12,15-16H,6,13H2,1-2H3;5-7,10H,4,11H2,1-3H3;2*1H3/q;;2*-1/p+2. The average molecular weight is 483 g/mol. The molecule has 0 saturated carbocycles. The number of hydrogen-bond acceptors (Lipinski definition) is 7. The number of phenols is 2. The van der Waals surface area contributed by atoms with Crippen LogP contribution in [-0.2, 0) is 39.0 Å². The summed E-state index contributed by atoms with van der Waals surface area (Å²) in [6.07, 6.45) is 4.18. The van der Waals surface area contributed by atoms with Crippen molar-refractivity contribution in [2.45, 2.75) is 64.8 Å². The van der Waals surface area contributed by atoms with Crippen LogP contribution in [0.3, 0.4) is 0 Å². The second-order valence-electron chi connectivity index (χ2n) is 8.01. The van der Waals surface area contributed by atoms with E-state index in [1.165, 1.54) is 26.0 Å². The van der Waals surface area contributed by atoms with Gasteiger partial charge in [-0.25, -0.2) is 4.98 Å². The van der Waals surface area contributed by atoms with Crippen molar-refractivity contribution in [3.8, 4) is 11.5 Å². The number of phenolic OH excluding ortho intramolecular Hbond substituents is 2. The monoisotopic (exact) mass is 482 g/mol. The van der Waals surface area contributed by atoms with Crippen molar-refractivity contribution < 1.29 is 40.7 Å².